The lowest BCUT2D eigenvalue weighted by atomic mass is 10.1. The molecule has 0 saturated heterocycles. The zero-order valence-electron chi connectivity index (χ0n) is 10.9. The van der Waals surface area contributed by atoms with Gasteiger partial charge in [0.1, 0.15) is 18.0 Å². The fourth-order valence-corrected chi connectivity index (χ4v) is 1.76. The van der Waals surface area contributed by atoms with E-state index in [2.05, 4.69) is 52.6 Å². The lowest BCUT2D eigenvalue weighted by molar-refractivity contribution is 1.06. The van der Waals surface area contributed by atoms with Crippen LogP contribution in [0.1, 0.15) is 16.7 Å². The van der Waals surface area contributed by atoms with Crippen LogP contribution in [0.2, 0.25) is 0 Å². The fraction of sp³-hybridized carbons (Fsp3) is 0.214. The molecule has 0 aliphatic carbocycles. The molecule has 2 rings (SSSR count). The van der Waals surface area contributed by atoms with Gasteiger partial charge in [0.05, 0.1) is 0 Å². The van der Waals surface area contributed by atoms with Crippen molar-refractivity contribution in [1.82, 2.24) is 9.97 Å². The van der Waals surface area contributed by atoms with Gasteiger partial charge in [0.25, 0.3) is 0 Å². The van der Waals surface area contributed by atoms with Gasteiger partial charge in [0, 0.05) is 12.6 Å². The maximum Gasteiger partial charge on any atom is 0.182 e. The van der Waals surface area contributed by atoms with Crippen molar-refractivity contribution in [3.63, 3.8) is 0 Å². The predicted molar refractivity (Wildman–Crippen MR) is 74.5 cm³/mol. The highest BCUT2D eigenvalue weighted by Gasteiger charge is 2.01. The number of nitrogens with zero attached hydrogens (tertiary/aromatic N) is 3. The first-order valence-electron chi connectivity index (χ1n) is 5.96. The number of aromatic nitrogens is 2. The van der Waals surface area contributed by atoms with E-state index in [4.69, 9.17) is 5.26 Å². The molecule has 1 aromatic heterocycles. The summed E-state index contributed by atoms with van der Waals surface area (Å²) in [6, 6.07) is 8.06. The maximum absolute atomic E-state index is 8.54. The normalized spacial score (nSPS) is 9.74. The summed E-state index contributed by atoms with van der Waals surface area (Å²) < 4.78 is 0. The smallest absolute Gasteiger partial charge is 0.182 e. The highest BCUT2D eigenvalue weighted by Crippen LogP contribution is 2.14. The van der Waals surface area contributed by atoms with Crippen LogP contribution in [-0.2, 0) is 6.54 Å². The minimum absolute atomic E-state index is 0.487. The van der Waals surface area contributed by atoms with Gasteiger partial charge >= 0.3 is 0 Å². The molecule has 0 saturated carbocycles. The van der Waals surface area contributed by atoms with Gasteiger partial charge in [-0.1, -0.05) is 23.8 Å². The van der Waals surface area contributed by atoms with Crippen LogP contribution in [0.25, 0.3) is 0 Å². The van der Waals surface area contributed by atoms with E-state index >= 15 is 0 Å². The summed E-state index contributed by atoms with van der Waals surface area (Å²) in [5.41, 5.74) is 3.70. The van der Waals surface area contributed by atoms with Crippen LogP contribution < -0.4 is 10.6 Å². The van der Waals surface area contributed by atoms with E-state index in [1.807, 2.05) is 6.19 Å². The Morgan fingerprint density at radius 1 is 1.16 bits per heavy atom. The Balaban J connectivity index is 2.08. The number of nitriles is 1. The van der Waals surface area contributed by atoms with Crippen LogP contribution in [0.3, 0.4) is 0 Å². The summed E-state index contributed by atoms with van der Waals surface area (Å²) >= 11 is 0. The standard InChI is InChI=1S/C14H15N5/c1-10-3-4-11(2)12(5-10)7-16-13-6-14(17-8-15)19-9-18-13/h3-6,9H,7H2,1-2H3,(H2,16,17,18,19). The van der Waals surface area contributed by atoms with Gasteiger partial charge in [-0.2, -0.15) is 5.26 Å². The van der Waals surface area contributed by atoms with Crippen LogP contribution in [0.4, 0.5) is 11.6 Å². The molecule has 0 bridgehead atoms. The largest absolute Gasteiger partial charge is 0.366 e. The molecule has 19 heavy (non-hydrogen) atoms. The second-order valence-corrected chi connectivity index (χ2v) is 4.31. The Kier molecular flexibility index (Phi) is 3.94. The quantitative estimate of drug-likeness (QED) is 0.647. The monoisotopic (exact) mass is 253 g/mol. The molecular weight excluding hydrogens is 238 g/mol. The molecule has 1 heterocycles. The van der Waals surface area contributed by atoms with Gasteiger partial charge in [-0.05, 0) is 25.0 Å². The minimum Gasteiger partial charge on any atom is -0.366 e. The minimum atomic E-state index is 0.487. The van der Waals surface area contributed by atoms with Gasteiger partial charge < -0.3 is 5.32 Å². The first-order chi connectivity index (χ1) is 9.19. The average molecular weight is 253 g/mol. The van der Waals surface area contributed by atoms with Gasteiger partial charge in [0.15, 0.2) is 6.19 Å². The molecule has 96 valence electrons. The number of nitrogens with one attached hydrogen (secondary N) is 2. The zero-order chi connectivity index (χ0) is 13.7. The number of anilines is 2. The van der Waals surface area contributed by atoms with Crippen molar-refractivity contribution in [3.8, 4) is 6.19 Å². The molecule has 5 nitrogen and oxygen atoms in total. The summed E-state index contributed by atoms with van der Waals surface area (Å²) in [7, 11) is 0. The summed E-state index contributed by atoms with van der Waals surface area (Å²) in [6.07, 6.45) is 3.26. The van der Waals surface area contributed by atoms with Crippen molar-refractivity contribution >= 4 is 11.6 Å². The first kappa shape index (κ1) is 12.8. The van der Waals surface area contributed by atoms with E-state index in [1.54, 1.807) is 6.07 Å². The highest BCUT2D eigenvalue weighted by molar-refractivity contribution is 5.49. The van der Waals surface area contributed by atoms with Crippen molar-refractivity contribution in [1.29, 1.82) is 5.26 Å². The Hall–Kier alpha value is -2.61. The molecule has 5 heteroatoms. The average Bonchev–Trinajstić information content (AvgIpc) is 2.41. The zero-order valence-corrected chi connectivity index (χ0v) is 10.9. The highest BCUT2D eigenvalue weighted by atomic mass is 15.1. The van der Waals surface area contributed by atoms with Crippen LogP contribution in [0.15, 0.2) is 30.6 Å². The van der Waals surface area contributed by atoms with Crippen LogP contribution in [0, 0.1) is 25.3 Å². The van der Waals surface area contributed by atoms with Crippen LogP contribution >= 0.6 is 0 Å². The maximum atomic E-state index is 8.54. The number of hydrogen-bond donors (Lipinski definition) is 2. The van der Waals surface area contributed by atoms with Gasteiger partial charge in [-0.3, -0.25) is 5.32 Å². The van der Waals surface area contributed by atoms with Crippen LogP contribution in [-0.4, -0.2) is 9.97 Å². The molecule has 2 N–H and O–H groups in total. The molecule has 0 amide bonds. The van der Waals surface area contributed by atoms with Crippen molar-refractivity contribution in [2.75, 3.05) is 10.6 Å². The molecule has 0 unspecified atom stereocenters. The summed E-state index contributed by atoms with van der Waals surface area (Å²) in [4.78, 5) is 8.05. The molecular formula is C14H15N5. The van der Waals surface area contributed by atoms with Crippen LogP contribution in [0.5, 0.6) is 0 Å². The molecule has 0 spiro atoms. The summed E-state index contributed by atoms with van der Waals surface area (Å²) in [5, 5.41) is 14.3. The second-order valence-electron chi connectivity index (χ2n) is 4.31. The van der Waals surface area contributed by atoms with Crippen molar-refractivity contribution < 1.29 is 0 Å². The van der Waals surface area contributed by atoms with E-state index < -0.39 is 0 Å². The van der Waals surface area contributed by atoms with E-state index in [1.165, 1.54) is 23.0 Å². The third kappa shape index (κ3) is 3.42. The van der Waals surface area contributed by atoms with E-state index in [9.17, 15) is 0 Å². The molecule has 0 aliphatic rings. The fourth-order valence-electron chi connectivity index (χ4n) is 1.76. The van der Waals surface area contributed by atoms with Gasteiger partial charge in [0.2, 0.25) is 0 Å². The third-order valence-electron chi connectivity index (χ3n) is 2.82. The molecule has 0 atom stereocenters. The van der Waals surface area contributed by atoms with Crippen molar-refractivity contribution in [3.05, 3.63) is 47.3 Å². The van der Waals surface area contributed by atoms with Gasteiger partial charge in [-0.15, -0.1) is 0 Å². The number of hydrogen-bond acceptors (Lipinski definition) is 5. The SMILES string of the molecule is Cc1ccc(C)c(CNc2cc(NC#N)ncn2)c1. The van der Waals surface area contributed by atoms with E-state index in [-0.39, 0.29) is 0 Å². The van der Waals surface area contributed by atoms with E-state index in [0.717, 1.165) is 0 Å². The molecule has 0 radical (unpaired) electrons. The lowest BCUT2D eigenvalue weighted by Crippen LogP contribution is -2.04. The summed E-state index contributed by atoms with van der Waals surface area (Å²) in [6.45, 7) is 4.85. The molecule has 0 fully saturated rings. The topological polar surface area (TPSA) is 73.6 Å². The Morgan fingerprint density at radius 2 is 1.95 bits per heavy atom. The van der Waals surface area contributed by atoms with E-state index in [0.29, 0.717) is 18.2 Å². The Morgan fingerprint density at radius 3 is 2.74 bits per heavy atom. The third-order valence-corrected chi connectivity index (χ3v) is 2.82. The number of aryl methyl sites for hydroxylation is 2. The summed E-state index contributed by atoms with van der Waals surface area (Å²) in [5.74, 6) is 1.18. The van der Waals surface area contributed by atoms with Crippen molar-refractivity contribution in [2.45, 2.75) is 20.4 Å². The van der Waals surface area contributed by atoms with Crippen molar-refractivity contribution in [2.24, 2.45) is 0 Å². The second kappa shape index (κ2) is 5.83. The molecule has 2 aromatic rings. The molecule has 0 aliphatic heterocycles. The molecule has 1 aromatic carbocycles. The number of benzene rings is 1. The lowest BCUT2D eigenvalue weighted by Gasteiger charge is -2.09. The predicted octanol–water partition coefficient (Wildman–Crippen LogP) is 2.60. The number of rotatable bonds is 4. The Labute approximate surface area is 112 Å². The van der Waals surface area contributed by atoms with Gasteiger partial charge in [-0.25, -0.2) is 9.97 Å². The Bertz CT molecular complexity index is 615. The first-order valence-corrected chi connectivity index (χ1v) is 5.96.